The van der Waals surface area contributed by atoms with Gasteiger partial charge in [-0.3, -0.25) is 0 Å². The average molecular weight is 256 g/mol. The summed E-state index contributed by atoms with van der Waals surface area (Å²) in [5.74, 6) is 1.98. The summed E-state index contributed by atoms with van der Waals surface area (Å²) in [5, 5.41) is 5.74. The van der Waals surface area contributed by atoms with Crippen molar-refractivity contribution in [1.29, 1.82) is 0 Å². The third-order valence-electron chi connectivity index (χ3n) is 2.05. The zero-order valence-electron chi connectivity index (χ0n) is 8.79. The Balaban J connectivity index is 2.07. The molecule has 0 saturated heterocycles. The van der Waals surface area contributed by atoms with Gasteiger partial charge in [0.15, 0.2) is 0 Å². The number of rotatable bonds is 5. The second-order valence-corrected chi connectivity index (χ2v) is 4.92. The summed E-state index contributed by atoms with van der Waals surface area (Å²) < 4.78 is 5.12. The molecule has 1 atom stereocenters. The molecule has 2 aromatic heterocycles. The molecule has 5 nitrogen and oxygen atoms in total. The lowest BCUT2D eigenvalue weighted by molar-refractivity contribution is 0.353. The molecule has 2 rings (SSSR count). The van der Waals surface area contributed by atoms with Crippen molar-refractivity contribution in [3.8, 4) is 11.5 Å². The fraction of sp³-hybridized carbons (Fsp3) is 0.444. The molecule has 0 saturated carbocycles. The highest BCUT2D eigenvalue weighted by atomic mass is 32.2. The lowest BCUT2D eigenvalue weighted by Gasteiger charge is -2.03. The first-order chi connectivity index (χ1) is 7.81. The van der Waals surface area contributed by atoms with Gasteiger partial charge in [-0.25, -0.2) is 4.98 Å². The predicted molar refractivity (Wildman–Crippen MR) is 65.3 cm³/mol. The van der Waals surface area contributed by atoms with E-state index in [1.165, 1.54) is 11.3 Å². The number of hydrogen-bond acceptors (Lipinski definition) is 7. The van der Waals surface area contributed by atoms with Gasteiger partial charge in [-0.2, -0.15) is 16.7 Å². The van der Waals surface area contributed by atoms with Crippen LogP contribution in [0.1, 0.15) is 18.4 Å². The summed E-state index contributed by atoms with van der Waals surface area (Å²) in [6.45, 7) is 0. The van der Waals surface area contributed by atoms with E-state index in [0.717, 1.165) is 17.9 Å². The van der Waals surface area contributed by atoms with Crippen molar-refractivity contribution in [2.45, 2.75) is 12.5 Å². The van der Waals surface area contributed by atoms with Gasteiger partial charge in [-0.05, 0) is 18.4 Å². The van der Waals surface area contributed by atoms with Crippen LogP contribution >= 0.6 is 23.1 Å². The summed E-state index contributed by atoms with van der Waals surface area (Å²) >= 11 is 3.25. The van der Waals surface area contributed by atoms with E-state index in [2.05, 4.69) is 15.1 Å². The Bertz CT molecular complexity index is 428. The Morgan fingerprint density at radius 3 is 3.19 bits per heavy atom. The quantitative estimate of drug-likeness (QED) is 0.881. The van der Waals surface area contributed by atoms with Gasteiger partial charge < -0.3 is 10.3 Å². The molecule has 16 heavy (non-hydrogen) atoms. The van der Waals surface area contributed by atoms with Crippen LogP contribution in [0.25, 0.3) is 11.5 Å². The lowest BCUT2D eigenvalue weighted by Crippen LogP contribution is -2.11. The van der Waals surface area contributed by atoms with E-state index in [1.807, 2.05) is 11.6 Å². The second-order valence-electron chi connectivity index (χ2n) is 3.22. The van der Waals surface area contributed by atoms with Crippen molar-refractivity contribution < 1.29 is 4.52 Å². The molecular weight excluding hydrogens is 244 g/mol. The molecule has 0 fully saturated rings. The van der Waals surface area contributed by atoms with Gasteiger partial charge in [-0.1, -0.05) is 5.16 Å². The molecular formula is C9H12N4OS2. The van der Waals surface area contributed by atoms with Gasteiger partial charge >= 0.3 is 0 Å². The molecule has 0 aliphatic carbocycles. The minimum absolute atomic E-state index is 0.188. The summed E-state index contributed by atoms with van der Waals surface area (Å²) in [6, 6.07) is -0.188. The minimum atomic E-state index is -0.188. The van der Waals surface area contributed by atoms with Crippen molar-refractivity contribution in [2.75, 3.05) is 12.0 Å². The molecule has 0 aliphatic heterocycles. The van der Waals surface area contributed by atoms with E-state index in [-0.39, 0.29) is 6.04 Å². The van der Waals surface area contributed by atoms with Crippen LogP contribution in [0.4, 0.5) is 0 Å². The first-order valence-electron chi connectivity index (χ1n) is 4.78. The number of nitrogens with two attached hydrogens (primary N) is 1. The normalized spacial score (nSPS) is 12.9. The van der Waals surface area contributed by atoms with Crippen LogP contribution in [0.5, 0.6) is 0 Å². The van der Waals surface area contributed by atoms with Crippen LogP contribution < -0.4 is 5.73 Å². The molecule has 0 amide bonds. The van der Waals surface area contributed by atoms with E-state index in [9.17, 15) is 0 Å². The van der Waals surface area contributed by atoms with E-state index >= 15 is 0 Å². The Hall–Kier alpha value is -0.920. The Kier molecular flexibility index (Phi) is 3.92. The highest BCUT2D eigenvalue weighted by Gasteiger charge is 2.15. The number of aromatic nitrogens is 3. The maximum atomic E-state index is 5.92. The number of thiazole rings is 1. The van der Waals surface area contributed by atoms with Crippen LogP contribution in [-0.4, -0.2) is 27.1 Å². The summed E-state index contributed by atoms with van der Waals surface area (Å²) in [5.41, 5.74) is 8.39. The lowest BCUT2D eigenvalue weighted by atomic mass is 10.2. The fourth-order valence-electron chi connectivity index (χ4n) is 1.18. The van der Waals surface area contributed by atoms with Gasteiger partial charge in [0.2, 0.25) is 11.7 Å². The topological polar surface area (TPSA) is 77.8 Å². The molecule has 2 N–H and O–H groups in total. The Morgan fingerprint density at radius 2 is 2.50 bits per heavy atom. The molecule has 86 valence electrons. The molecule has 0 radical (unpaired) electrons. The van der Waals surface area contributed by atoms with Gasteiger partial charge in [0, 0.05) is 5.38 Å². The van der Waals surface area contributed by atoms with Crippen LogP contribution in [-0.2, 0) is 0 Å². The highest BCUT2D eigenvalue weighted by Crippen LogP contribution is 2.19. The predicted octanol–water partition coefficient (Wildman–Crippen LogP) is 1.95. The maximum absolute atomic E-state index is 5.92. The summed E-state index contributed by atoms with van der Waals surface area (Å²) in [4.78, 5) is 8.35. The van der Waals surface area contributed by atoms with Crippen molar-refractivity contribution in [1.82, 2.24) is 15.1 Å². The Morgan fingerprint density at radius 1 is 1.62 bits per heavy atom. The van der Waals surface area contributed by atoms with Gasteiger partial charge in [0.1, 0.15) is 5.69 Å². The SMILES string of the molecule is CSCC[C@@H](N)c1nc(-c2cscn2)no1. The largest absolute Gasteiger partial charge is 0.337 e. The van der Waals surface area contributed by atoms with Crippen LogP contribution in [0.3, 0.4) is 0 Å². The van der Waals surface area contributed by atoms with Gasteiger partial charge in [-0.15, -0.1) is 11.3 Å². The average Bonchev–Trinajstić information content (AvgIpc) is 2.94. The number of hydrogen-bond donors (Lipinski definition) is 1. The van der Waals surface area contributed by atoms with Crippen molar-refractivity contribution in [3.05, 3.63) is 16.8 Å². The highest BCUT2D eigenvalue weighted by molar-refractivity contribution is 7.98. The van der Waals surface area contributed by atoms with Crippen molar-refractivity contribution >= 4 is 23.1 Å². The first kappa shape index (κ1) is 11.6. The third-order valence-corrected chi connectivity index (χ3v) is 3.28. The van der Waals surface area contributed by atoms with Crippen molar-refractivity contribution in [2.24, 2.45) is 5.73 Å². The van der Waals surface area contributed by atoms with Gasteiger partial charge in [0.25, 0.3) is 0 Å². The molecule has 0 spiro atoms. The monoisotopic (exact) mass is 256 g/mol. The second kappa shape index (κ2) is 5.42. The minimum Gasteiger partial charge on any atom is -0.337 e. The molecule has 7 heteroatoms. The van der Waals surface area contributed by atoms with E-state index in [0.29, 0.717) is 11.7 Å². The van der Waals surface area contributed by atoms with Crippen LogP contribution in [0.15, 0.2) is 15.4 Å². The third kappa shape index (κ3) is 2.60. The number of nitrogens with zero attached hydrogens (tertiary/aromatic N) is 3. The molecule has 0 unspecified atom stereocenters. The summed E-state index contributed by atoms with van der Waals surface area (Å²) in [7, 11) is 0. The number of thioether (sulfide) groups is 1. The van der Waals surface area contributed by atoms with Crippen LogP contribution in [0, 0.1) is 0 Å². The van der Waals surface area contributed by atoms with E-state index < -0.39 is 0 Å². The molecule has 2 aromatic rings. The molecule has 0 aliphatic rings. The standard InChI is InChI=1S/C9H12N4OS2/c1-15-3-2-6(10)9-12-8(13-14-9)7-4-16-5-11-7/h4-6H,2-3,10H2,1H3/t6-/m1/s1. The van der Waals surface area contributed by atoms with E-state index in [4.69, 9.17) is 10.3 Å². The maximum Gasteiger partial charge on any atom is 0.243 e. The van der Waals surface area contributed by atoms with E-state index in [1.54, 1.807) is 17.3 Å². The Labute approximate surface area is 101 Å². The smallest absolute Gasteiger partial charge is 0.243 e. The zero-order valence-corrected chi connectivity index (χ0v) is 10.4. The first-order valence-corrected chi connectivity index (χ1v) is 7.11. The summed E-state index contributed by atoms with van der Waals surface area (Å²) in [6.07, 6.45) is 2.88. The van der Waals surface area contributed by atoms with Gasteiger partial charge in [0.05, 0.1) is 11.6 Å². The zero-order chi connectivity index (χ0) is 11.4. The van der Waals surface area contributed by atoms with Crippen LogP contribution in [0.2, 0.25) is 0 Å². The molecule has 2 heterocycles. The molecule has 0 aromatic carbocycles. The fourth-order valence-corrected chi connectivity index (χ4v) is 2.20. The molecule has 0 bridgehead atoms. The van der Waals surface area contributed by atoms with Crippen molar-refractivity contribution in [3.63, 3.8) is 0 Å².